The van der Waals surface area contributed by atoms with Gasteiger partial charge in [0.2, 0.25) is 0 Å². The lowest BCUT2D eigenvalue weighted by Crippen LogP contribution is -1.73. The highest BCUT2D eigenvalue weighted by atomic mass is 14.1. The van der Waals surface area contributed by atoms with E-state index >= 15 is 0 Å². The first-order valence-electron chi connectivity index (χ1n) is 4.65. The summed E-state index contributed by atoms with van der Waals surface area (Å²) in [6.45, 7) is 6.50. The van der Waals surface area contributed by atoms with Crippen molar-refractivity contribution in [3.8, 4) is 11.1 Å². The molecule has 0 nitrogen and oxygen atoms in total. The van der Waals surface area contributed by atoms with E-state index in [9.17, 15) is 0 Å². The van der Waals surface area contributed by atoms with Gasteiger partial charge in [-0.25, -0.2) is 0 Å². The van der Waals surface area contributed by atoms with Crippen LogP contribution in [0, 0.1) is 20.8 Å². The topological polar surface area (TPSA) is 0 Å². The molecule has 0 aromatic rings. The Labute approximate surface area is 79.6 Å². The third kappa shape index (κ3) is 1.33. The molecule has 0 aromatic carbocycles. The lowest BCUT2D eigenvalue weighted by molar-refractivity contribution is 1.40. The average Bonchev–Trinajstić information content (AvgIpc) is 2.29. The van der Waals surface area contributed by atoms with Crippen molar-refractivity contribution in [3.05, 3.63) is 47.0 Å². The monoisotopic (exact) mass is 170 g/mol. The van der Waals surface area contributed by atoms with E-state index in [0.29, 0.717) is 0 Å². The Kier molecular flexibility index (Phi) is 1.84. The summed E-state index contributed by atoms with van der Waals surface area (Å²) in [4.78, 5) is 0. The predicted molar refractivity (Wildman–Crippen MR) is 57.3 cm³/mol. The average molecular weight is 170 g/mol. The van der Waals surface area contributed by atoms with Crippen molar-refractivity contribution in [1.29, 1.82) is 0 Å². The SMILES string of the molecule is Cc1cccc2cc(C)c(C)c-2c1. The van der Waals surface area contributed by atoms with Gasteiger partial charge in [-0.1, -0.05) is 35.9 Å². The first kappa shape index (κ1) is 8.31. The van der Waals surface area contributed by atoms with E-state index in [1.54, 1.807) is 0 Å². The summed E-state index contributed by atoms with van der Waals surface area (Å²) in [7, 11) is 0. The second-order valence-electron chi connectivity index (χ2n) is 3.74. The number of rotatable bonds is 0. The van der Waals surface area contributed by atoms with Gasteiger partial charge in [-0.05, 0) is 43.0 Å². The van der Waals surface area contributed by atoms with Gasteiger partial charge in [0.05, 0.1) is 0 Å². The Bertz CT molecular complexity index is 413. The van der Waals surface area contributed by atoms with Crippen molar-refractivity contribution < 1.29 is 0 Å². The number of aryl methyl sites for hydroxylation is 2. The van der Waals surface area contributed by atoms with Crippen LogP contribution in [0.3, 0.4) is 0 Å². The molecule has 0 heteroatoms. The Morgan fingerprint density at radius 3 is 2.46 bits per heavy atom. The van der Waals surface area contributed by atoms with Gasteiger partial charge in [-0.2, -0.15) is 0 Å². The molecule has 0 heterocycles. The number of hydrogen-bond acceptors (Lipinski definition) is 0. The maximum Gasteiger partial charge on any atom is -0.0149 e. The highest BCUT2D eigenvalue weighted by molar-refractivity contribution is 5.73. The molecular weight excluding hydrogens is 156 g/mol. The van der Waals surface area contributed by atoms with Crippen LogP contribution in [0.2, 0.25) is 0 Å². The molecule has 0 radical (unpaired) electrons. The van der Waals surface area contributed by atoms with Crippen molar-refractivity contribution >= 4 is 0 Å². The van der Waals surface area contributed by atoms with E-state index in [2.05, 4.69) is 51.1 Å². The largest absolute Gasteiger partial charge is 0.0614 e. The van der Waals surface area contributed by atoms with Crippen LogP contribution < -0.4 is 0 Å². The summed E-state index contributed by atoms with van der Waals surface area (Å²) >= 11 is 0. The first-order valence-corrected chi connectivity index (χ1v) is 4.65. The molecule has 0 spiro atoms. The van der Waals surface area contributed by atoms with Crippen LogP contribution >= 0.6 is 0 Å². The normalized spacial score (nSPS) is 10.7. The second kappa shape index (κ2) is 2.88. The van der Waals surface area contributed by atoms with E-state index in [1.807, 2.05) is 0 Å². The van der Waals surface area contributed by atoms with Crippen molar-refractivity contribution in [1.82, 2.24) is 0 Å². The maximum absolute atomic E-state index is 2.26. The van der Waals surface area contributed by atoms with Crippen molar-refractivity contribution in [3.63, 3.8) is 0 Å². The van der Waals surface area contributed by atoms with Gasteiger partial charge in [0.15, 0.2) is 0 Å². The minimum atomic E-state index is 1.32. The third-order valence-electron chi connectivity index (χ3n) is 2.69. The lowest BCUT2D eigenvalue weighted by atomic mass is 10.1. The summed E-state index contributed by atoms with van der Waals surface area (Å²) in [5, 5.41) is 0. The van der Waals surface area contributed by atoms with Crippen molar-refractivity contribution in [2.24, 2.45) is 0 Å². The highest BCUT2D eigenvalue weighted by Gasteiger charge is 2.07. The molecule has 66 valence electrons. The Morgan fingerprint density at radius 2 is 1.69 bits per heavy atom. The molecule has 2 aliphatic rings. The van der Waals surface area contributed by atoms with E-state index in [1.165, 1.54) is 27.8 Å². The fourth-order valence-corrected chi connectivity index (χ4v) is 1.76. The molecule has 0 fully saturated rings. The standard InChI is InChI=1S/C13H14/c1-9-5-4-6-12-8-10(2)11(3)13(12)7-9/h4-8H,1-3H3. The van der Waals surface area contributed by atoms with Gasteiger partial charge in [-0.15, -0.1) is 0 Å². The zero-order valence-electron chi connectivity index (χ0n) is 8.39. The van der Waals surface area contributed by atoms with Gasteiger partial charge in [0.1, 0.15) is 0 Å². The van der Waals surface area contributed by atoms with Crippen molar-refractivity contribution in [2.75, 3.05) is 0 Å². The van der Waals surface area contributed by atoms with Crippen LogP contribution in [0.25, 0.3) is 11.1 Å². The van der Waals surface area contributed by atoms with Crippen LogP contribution in [0.5, 0.6) is 0 Å². The fraction of sp³-hybridized carbons (Fsp3) is 0.231. The van der Waals surface area contributed by atoms with Gasteiger partial charge in [0, 0.05) is 0 Å². The summed E-state index contributed by atoms with van der Waals surface area (Å²) in [6, 6.07) is 11.0. The summed E-state index contributed by atoms with van der Waals surface area (Å²) in [6.07, 6.45) is 0. The minimum absolute atomic E-state index is 1.32. The van der Waals surface area contributed by atoms with Gasteiger partial charge in [0.25, 0.3) is 0 Å². The molecule has 0 aromatic heterocycles. The molecule has 2 aliphatic carbocycles. The van der Waals surface area contributed by atoms with E-state index in [0.717, 1.165) is 0 Å². The quantitative estimate of drug-likeness (QED) is 0.565. The van der Waals surface area contributed by atoms with Crippen LogP contribution in [-0.2, 0) is 0 Å². The maximum atomic E-state index is 2.26. The molecule has 2 rings (SSSR count). The molecular formula is C13H14. The molecule has 0 N–H and O–H groups in total. The summed E-state index contributed by atoms with van der Waals surface area (Å²) < 4.78 is 0. The van der Waals surface area contributed by atoms with Crippen molar-refractivity contribution in [2.45, 2.75) is 20.8 Å². The Hall–Kier alpha value is -1.30. The fourth-order valence-electron chi connectivity index (χ4n) is 1.76. The van der Waals surface area contributed by atoms with Crippen LogP contribution in [-0.4, -0.2) is 0 Å². The Morgan fingerprint density at radius 1 is 0.923 bits per heavy atom. The first-order chi connectivity index (χ1) is 6.18. The minimum Gasteiger partial charge on any atom is -0.0614 e. The van der Waals surface area contributed by atoms with Crippen LogP contribution in [0.4, 0.5) is 0 Å². The van der Waals surface area contributed by atoms with Crippen LogP contribution in [0.1, 0.15) is 16.7 Å². The molecule has 0 bridgehead atoms. The summed E-state index contributed by atoms with van der Waals surface area (Å²) in [5.74, 6) is 0. The van der Waals surface area contributed by atoms with Gasteiger partial charge >= 0.3 is 0 Å². The van der Waals surface area contributed by atoms with E-state index in [4.69, 9.17) is 0 Å². The van der Waals surface area contributed by atoms with Gasteiger partial charge < -0.3 is 0 Å². The highest BCUT2D eigenvalue weighted by Crippen LogP contribution is 2.30. The molecule has 0 amide bonds. The molecule has 0 aliphatic heterocycles. The predicted octanol–water partition coefficient (Wildman–Crippen LogP) is 3.72. The number of fused-ring (bicyclic) bond motifs is 1. The molecule has 0 atom stereocenters. The number of hydrogen-bond donors (Lipinski definition) is 0. The lowest BCUT2D eigenvalue weighted by Gasteiger charge is -1.94. The summed E-state index contributed by atoms with van der Waals surface area (Å²) in [5.41, 5.74) is 6.86. The Balaban J connectivity index is 2.80. The van der Waals surface area contributed by atoms with E-state index < -0.39 is 0 Å². The zero-order valence-corrected chi connectivity index (χ0v) is 8.39. The molecule has 0 unspecified atom stereocenters. The van der Waals surface area contributed by atoms with Crippen LogP contribution in [0.15, 0.2) is 30.3 Å². The smallest absolute Gasteiger partial charge is 0.0149 e. The van der Waals surface area contributed by atoms with E-state index in [-0.39, 0.29) is 0 Å². The third-order valence-corrected chi connectivity index (χ3v) is 2.69. The molecule has 0 saturated heterocycles. The zero-order chi connectivity index (χ0) is 9.42. The second-order valence-corrected chi connectivity index (χ2v) is 3.74. The van der Waals surface area contributed by atoms with Gasteiger partial charge in [-0.3, -0.25) is 0 Å². The molecule has 13 heavy (non-hydrogen) atoms. The molecule has 0 saturated carbocycles.